The van der Waals surface area contributed by atoms with Crippen molar-refractivity contribution in [3.8, 4) is 5.75 Å². The third-order valence-corrected chi connectivity index (χ3v) is 4.86. The number of alkyl halides is 2. The summed E-state index contributed by atoms with van der Waals surface area (Å²) in [6, 6.07) is 3.59. The number of aryl methyl sites for hydroxylation is 1. The van der Waals surface area contributed by atoms with Gasteiger partial charge in [0.2, 0.25) is 0 Å². The smallest absolute Gasteiger partial charge is 0.284 e. The molecule has 2 amide bonds. The Morgan fingerprint density at radius 3 is 2.76 bits per heavy atom. The van der Waals surface area contributed by atoms with Gasteiger partial charge in [-0.15, -0.1) is 0 Å². The zero-order chi connectivity index (χ0) is 24.1. The molecule has 2 heterocycles. The van der Waals surface area contributed by atoms with Crippen LogP contribution in [0, 0.1) is 12.7 Å². The molecule has 0 aliphatic carbocycles. The van der Waals surface area contributed by atoms with Crippen LogP contribution in [0.1, 0.15) is 15.9 Å². The lowest BCUT2D eigenvalue weighted by atomic mass is 10.2. The van der Waals surface area contributed by atoms with E-state index in [0.29, 0.717) is 22.5 Å². The zero-order valence-corrected chi connectivity index (χ0v) is 18.8. The molecular formula is C20H21F3N6O3S. The highest BCUT2D eigenvalue weighted by Gasteiger charge is 2.19. The number of carbonyl (C=O) groups excluding carboxylic acids is 2. The first kappa shape index (κ1) is 24.2. The third-order valence-electron chi connectivity index (χ3n) is 4.33. The van der Waals surface area contributed by atoms with Gasteiger partial charge in [-0.1, -0.05) is 10.7 Å². The second kappa shape index (κ2) is 10.4. The molecule has 0 radical (unpaired) electrons. The van der Waals surface area contributed by atoms with E-state index in [2.05, 4.69) is 19.8 Å². The molecule has 0 saturated carbocycles. The van der Waals surface area contributed by atoms with Gasteiger partial charge in [0.05, 0.1) is 17.8 Å². The number of benzene rings is 1. The molecule has 0 aliphatic rings. The van der Waals surface area contributed by atoms with Gasteiger partial charge < -0.3 is 15.4 Å². The average molecular weight is 482 g/mol. The molecule has 176 valence electrons. The molecular weight excluding hydrogens is 461 g/mol. The largest absolute Gasteiger partial charge is 0.481 e. The summed E-state index contributed by atoms with van der Waals surface area (Å²) in [5.41, 5.74) is 1.72. The Bertz CT molecular complexity index is 1230. The summed E-state index contributed by atoms with van der Waals surface area (Å²) in [4.78, 5) is 28.4. The number of anilines is 2. The molecule has 0 saturated heterocycles. The quantitative estimate of drug-likeness (QED) is 0.511. The second-order valence-corrected chi connectivity index (χ2v) is 8.72. The van der Waals surface area contributed by atoms with Crippen LogP contribution in [0.5, 0.6) is 5.75 Å². The fourth-order valence-corrected chi connectivity index (χ4v) is 3.34. The van der Waals surface area contributed by atoms with Crippen LogP contribution in [0.15, 0.2) is 35.1 Å². The highest BCUT2D eigenvalue weighted by Crippen LogP contribution is 2.31. The summed E-state index contributed by atoms with van der Waals surface area (Å²) in [5, 5.41) is 9.12. The van der Waals surface area contributed by atoms with Crippen molar-refractivity contribution in [2.75, 3.05) is 31.0 Å². The Morgan fingerprint density at radius 2 is 2.06 bits per heavy atom. The Morgan fingerprint density at radius 1 is 1.30 bits per heavy atom. The van der Waals surface area contributed by atoms with Crippen molar-refractivity contribution >= 4 is 39.5 Å². The number of fused-ring (bicyclic) bond motifs is 1. The van der Waals surface area contributed by atoms with Crippen LogP contribution < -0.4 is 15.4 Å². The SMILES string of the molecule is Cc1c(C(=O)N=S(C)C)cn2ncnc(Nc3ccc(F)cc3OCC(=O)NCC(F)F)c12. The predicted octanol–water partition coefficient (Wildman–Crippen LogP) is 2.88. The van der Waals surface area contributed by atoms with Gasteiger partial charge in [-0.2, -0.15) is 9.46 Å². The van der Waals surface area contributed by atoms with Crippen molar-refractivity contribution in [3.63, 3.8) is 0 Å². The fourth-order valence-electron chi connectivity index (χ4n) is 2.91. The monoisotopic (exact) mass is 482 g/mol. The number of ether oxygens (including phenoxy) is 1. The van der Waals surface area contributed by atoms with Crippen molar-refractivity contribution in [1.82, 2.24) is 19.9 Å². The van der Waals surface area contributed by atoms with Crippen LogP contribution >= 0.6 is 0 Å². The number of carbonyl (C=O) groups is 2. The molecule has 0 atom stereocenters. The Hall–Kier alpha value is -3.48. The number of halogens is 3. The first-order chi connectivity index (χ1) is 15.7. The van der Waals surface area contributed by atoms with Gasteiger partial charge in [-0.05, 0) is 37.1 Å². The standard InChI is InChI=1S/C20H21F3N6O3S/c1-11-13(20(31)28-33(2)3)8-29-18(11)19(25-10-26-29)27-14-5-4-12(21)6-15(14)32-9-17(30)24-7-16(22)23/h4-6,8,10,16H,7,9H2,1-3H3,(H,24,30)(H,25,26,27). The van der Waals surface area contributed by atoms with E-state index in [1.54, 1.807) is 13.1 Å². The van der Waals surface area contributed by atoms with Crippen LogP contribution in [0.4, 0.5) is 24.7 Å². The molecule has 0 fully saturated rings. The van der Waals surface area contributed by atoms with Crippen molar-refractivity contribution < 1.29 is 27.5 Å². The summed E-state index contributed by atoms with van der Waals surface area (Å²) in [5.74, 6) is -1.52. The Balaban J connectivity index is 1.90. The molecule has 0 bridgehead atoms. The van der Waals surface area contributed by atoms with Crippen molar-refractivity contribution in [3.05, 3.63) is 47.7 Å². The molecule has 3 rings (SSSR count). The zero-order valence-electron chi connectivity index (χ0n) is 17.9. The molecule has 3 aromatic rings. The van der Waals surface area contributed by atoms with E-state index in [4.69, 9.17) is 4.74 Å². The molecule has 0 spiro atoms. The molecule has 33 heavy (non-hydrogen) atoms. The van der Waals surface area contributed by atoms with E-state index in [-0.39, 0.29) is 17.3 Å². The van der Waals surface area contributed by atoms with E-state index in [1.807, 2.05) is 17.8 Å². The lowest BCUT2D eigenvalue weighted by molar-refractivity contribution is -0.123. The third kappa shape index (κ3) is 6.06. The molecule has 13 heteroatoms. The van der Waals surface area contributed by atoms with Crippen LogP contribution in [-0.4, -0.2) is 58.5 Å². The van der Waals surface area contributed by atoms with Crippen LogP contribution in [0.3, 0.4) is 0 Å². The minimum absolute atomic E-state index is 0.0320. The highest BCUT2D eigenvalue weighted by atomic mass is 32.2. The van der Waals surface area contributed by atoms with Crippen molar-refractivity contribution in [2.24, 2.45) is 4.36 Å². The van der Waals surface area contributed by atoms with E-state index in [0.717, 1.165) is 6.07 Å². The lowest BCUT2D eigenvalue weighted by Gasteiger charge is -2.14. The first-order valence-electron chi connectivity index (χ1n) is 9.56. The maximum absolute atomic E-state index is 13.8. The van der Waals surface area contributed by atoms with E-state index < -0.39 is 42.0 Å². The number of nitrogens with zero attached hydrogens (tertiary/aromatic N) is 4. The number of aromatic nitrogens is 3. The van der Waals surface area contributed by atoms with Gasteiger partial charge in [0.25, 0.3) is 18.2 Å². The number of rotatable bonds is 8. The number of hydrogen-bond acceptors (Lipinski definition) is 6. The van der Waals surface area contributed by atoms with Gasteiger partial charge in [0, 0.05) is 12.3 Å². The lowest BCUT2D eigenvalue weighted by Crippen LogP contribution is -2.32. The van der Waals surface area contributed by atoms with Crippen LogP contribution in [-0.2, 0) is 15.5 Å². The van der Waals surface area contributed by atoms with Crippen LogP contribution in [0.2, 0.25) is 0 Å². The molecule has 2 N–H and O–H groups in total. The number of nitrogens with one attached hydrogen (secondary N) is 2. The first-order valence-corrected chi connectivity index (χ1v) is 11.6. The molecule has 1 aromatic carbocycles. The fraction of sp³-hybridized carbons (Fsp3) is 0.300. The minimum atomic E-state index is -2.70. The number of amides is 2. The van der Waals surface area contributed by atoms with Gasteiger partial charge in [-0.25, -0.2) is 22.7 Å². The number of hydrogen-bond donors (Lipinski definition) is 2. The summed E-state index contributed by atoms with van der Waals surface area (Å²) in [6.45, 7) is 0.323. The second-order valence-electron chi connectivity index (χ2n) is 6.99. The summed E-state index contributed by atoms with van der Waals surface area (Å²) < 4.78 is 49.1. The molecule has 0 unspecified atom stereocenters. The highest BCUT2D eigenvalue weighted by molar-refractivity contribution is 7.86. The molecule has 9 nitrogen and oxygen atoms in total. The summed E-state index contributed by atoms with van der Waals surface area (Å²) >= 11 is 0. The Kier molecular flexibility index (Phi) is 7.63. The molecule has 0 aliphatic heterocycles. The van der Waals surface area contributed by atoms with E-state index in [1.165, 1.54) is 23.0 Å². The summed E-state index contributed by atoms with van der Waals surface area (Å²) in [7, 11) is -0.441. The maximum atomic E-state index is 13.8. The Labute approximate surface area is 189 Å². The molecule has 2 aromatic heterocycles. The van der Waals surface area contributed by atoms with E-state index >= 15 is 0 Å². The average Bonchev–Trinajstić information content (AvgIpc) is 3.09. The van der Waals surface area contributed by atoms with Crippen LogP contribution in [0.25, 0.3) is 5.52 Å². The minimum Gasteiger partial charge on any atom is -0.481 e. The van der Waals surface area contributed by atoms with E-state index in [9.17, 15) is 22.8 Å². The topological polar surface area (TPSA) is 110 Å². The van der Waals surface area contributed by atoms with Gasteiger partial charge in [0.15, 0.2) is 12.4 Å². The predicted molar refractivity (Wildman–Crippen MR) is 118 cm³/mol. The van der Waals surface area contributed by atoms with Crippen molar-refractivity contribution in [1.29, 1.82) is 0 Å². The normalized spacial score (nSPS) is 11.2. The van der Waals surface area contributed by atoms with Gasteiger partial charge in [0.1, 0.15) is 23.4 Å². The van der Waals surface area contributed by atoms with Gasteiger partial charge in [-0.3, -0.25) is 9.59 Å². The maximum Gasteiger partial charge on any atom is 0.284 e. The van der Waals surface area contributed by atoms with Crippen molar-refractivity contribution in [2.45, 2.75) is 13.3 Å². The van der Waals surface area contributed by atoms with Gasteiger partial charge >= 0.3 is 0 Å². The summed E-state index contributed by atoms with van der Waals surface area (Å²) in [6.07, 6.45) is 3.76.